The number of nitrogens with zero attached hydrogens (tertiary/aromatic N) is 7. The van der Waals surface area contributed by atoms with E-state index in [1.165, 1.54) is 21.3 Å². The molecule has 0 amide bonds. The zero-order valence-corrected chi connectivity index (χ0v) is 25.8. The van der Waals surface area contributed by atoms with Crippen LogP contribution in [0.25, 0.3) is 17.2 Å². The molecule has 13 nitrogen and oxygen atoms in total. The minimum atomic E-state index is -3.88. The molecule has 0 spiro atoms. The number of ether oxygens (including phenoxy) is 4. The summed E-state index contributed by atoms with van der Waals surface area (Å²) in [5.41, 5.74) is 1.75. The molecule has 0 bridgehead atoms. The van der Waals surface area contributed by atoms with Crippen LogP contribution in [-0.2, 0) is 20.3 Å². The molecule has 1 aliphatic heterocycles. The van der Waals surface area contributed by atoms with E-state index in [-0.39, 0.29) is 11.9 Å². The SMILES string of the molecule is COc1cccc(-c2nnc(CS(=O)(=O)[C@@H](C)[C@@H](c3ncc(C)cn3)N3CC(OC)C3)n2-c2c(OC)cccc2OC)n1. The van der Waals surface area contributed by atoms with Gasteiger partial charge in [0.2, 0.25) is 5.88 Å². The lowest BCUT2D eigenvalue weighted by molar-refractivity contribution is -0.0531. The van der Waals surface area contributed by atoms with Crippen LogP contribution in [0.15, 0.2) is 48.8 Å². The molecule has 1 aliphatic rings. The van der Waals surface area contributed by atoms with Gasteiger partial charge in [-0.15, -0.1) is 10.2 Å². The Labute approximate surface area is 250 Å². The Morgan fingerprint density at radius 1 is 0.930 bits per heavy atom. The fourth-order valence-corrected chi connectivity index (χ4v) is 6.59. The molecule has 228 valence electrons. The van der Waals surface area contributed by atoms with Gasteiger partial charge in [0.25, 0.3) is 0 Å². The predicted octanol–water partition coefficient (Wildman–Crippen LogP) is 2.83. The van der Waals surface area contributed by atoms with Crippen LogP contribution >= 0.6 is 0 Å². The van der Waals surface area contributed by atoms with Crippen molar-refractivity contribution in [1.82, 2.24) is 34.6 Å². The lowest BCUT2D eigenvalue weighted by Gasteiger charge is -2.44. The van der Waals surface area contributed by atoms with E-state index in [0.29, 0.717) is 53.5 Å². The van der Waals surface area contributed by atoms with Crippen molar-refractivity contribution in [2.45, 2.75) is 37.0 Å². The monoisotopic (exact) mass is 609 g/mol. The van der Waals surface area contributed by atoms with Crippen molar-refractivity contribution >= 4 is 9.84 Å². The van der Waals surface area contributed by atoms with Crippen molar-refractivity contribution in [3.8, 4) is 34.6 Å². The number of sulfone groups is 1. The molecule has 0 N–H and O–H groups in total. The summed E-state index contributed by atoms with van der Waals surface area (Å²) < 4.78 is 52.2. The third-order valence-electron chi connectivity index (χ3n) is 7.53. The first-order valence-corrected chi connectivity index (χ1v) is 15.4. The topological polar surface area (TPSA) is 144 Å². The Kier molecular flexibility index (Phi) is 8.89. The average molecular weight is 610 g/mol. The highest BCUT2D eigenvalue weighted by Gasteiger charge is 2.43. The van der Waals surface area contributed by atoms with Gasteiger partial charge in [-0.2, -0.15) is 0 Å². The van der Waals surface area contributed by atoms with Gasteiger partial charge in [0.15, 0.2) is 21.5 Å². The number of methoxy groups -OCH3 is 4. The standard InChI is InChI=1S/C29H35N7O6S/c1-18-13-30-28(31-14-18)26(35-15-20(16-35)39-3)19(2)43(37,38)17-24-33-34-29(21-9-7-12-25(32-21)42-6)36(24)27-22(40-4)10-8-11-23(27)41-5/h7-14,19-20,26H,15-17H2,1-6H3/t19-,26-/m0/s1. The Bertz CT molecular complexity index is 1650. The van der Waals surface area contributed by atoms with E-state index >= 15 is 0 Å². The lowest BCUT2D eigenvalue weighted by Crippen LogP contribution is -2.56. The molecule has 4 heterocycles. The van der Waals surface area contributed by atoms with E-state index < -0.39 is 26.9 Å². The van der Waals surface area contributed by atoms with Crippen LogP contribution < -0.4 is 14.2 Å². The number of likely N-dealkylation sites (tertiary alicyclic amines) is 1. The molecule has 2 atom stereocenters. The van der Waals surface area contributed by atoms with Crippen molar-refractivity contribution in [2.75, 3.05) is 41.5 Å². The van der Waals surface area contributed by atoms with E-state index in [9.17, 15) is 8.42 Å². The summed E-state index contributed by atoms with van der Waals surface area (Å²) in [4.78, 5) is 15.6. The van der Waals surface area contributed by atoms with Crippen molar-refractivity contribution in [1.29, 1.82) is 0 Å². The zero-order chi connectivity index (χ0) is 30.7. The first-order valence-electron chi connectivity index (χ1n) is 13.6. The zero-order valence-electron chi connectivity index (χ0n) is 25.0. The number of aryl methyl sites for hydroxylation is 1. The molecule has 5 rings (SSSR count). The molecule has 0 radical (unpaired) electrons. The largest absolute Gasteiger partial charge is 0.494 e. The summed E-state index contributed by atoms with van der Waals surface area (Å²) in [6, 6.07) is 9.91. The molecular formula is C29H35N7O6S. The van der Waals surface area contributed by atoms with E-state index in [1.807, 2.05) is 11.8 Å². The summed E-state index contributed by atoms with van der Waals surface area (Å²) in [5, 5.41) is 7.87. The van der Waals surface area contributed by atoms with Gasteiger partial charge in [-0.3, -0.25) is 9.47 Å². The molecule has 43 heavy (non-hydrogen) atoms. The third-order valence-corrected chi connectivity index (χ3v) is 9.58. The van der Waals surface area contributed by atoms with Crippen LogP contribution in [0.3, 0.4) is 0 Å². The summed E-state index contributed by atoms with van der Waals surface area (Å²) in [6.45, 7) is 4.70. The molecule has 1 aromatic carbocycles. The van der Waals surface area contributed by atoms with Gasteiger partial charge in [0, 0.05) is 38.7 Å². The molecule has 4 aromatic rings. The molecule has 0 unspecified atom stereocenters. The summed E-state index contributed by atoms with van der Waals surface area (Å²) in [5.74, 6) is 1.70. The Hall–Kier alpha value is -4.14. The molecule has 0 saturated carbocycles. The minimum Gasteiger partial charge on any atom is -0.494 e. The summed E-state index contributed by atoms with van der Waals surface area (Å²) in [7, 11) is 2.33. The van der Waals surface area contributed by atoms with E-state index in [1.54, 1.807) is 67.4 Å². The normalized spacial score (nSPS) is 15.5. The molecule has 1 saturated heterocycles. The lowest BCUT2D eigenvalue weighted by atomic mass is 10.0. The van der Waals surface area contributed by atoms with Crippen molar-refractivity contribution < 1.29 is 27.4 Å². The van der Waals surface area contributed by atoms with Crippen LogP contribution in [-0.4, -0.2) is 95.9 Å². The molecule has 1 fully saturated rings. The van der Waals surface area contributed by atoms with Gasteiger partial charge in [0.1, 0.15) is 34.5 Å². The van der Waals surface area contributed by atoms with Crippen molar-refractivity contribution in [3.63, 3.8) is 0 Å². The molecular weight excluding hydrogens is 574 g/mol. The fraction of sp³-hybridized carbons (Fsp3) is 0.414. The number of hydrogen-bond donors (Lipinski definition) is 0. The highest BCUT2D eigenvalue weighted by molar-refractivity contribution is 7.91. The van der Waals surface area contributed by atoms with Crippen LogP contribution in [0.4, 0.5) is 0 Å². The third kappa shape index (κ3) is 6.03. The number of aromatic nitrogens is 6. The van der Waals surface area contributed by atoms with Crippen molar-refractivity contribution in [2.24, 2.45) is 0 Å². The maximum atomic E-state index is 14.2. The summed E-state index contributed by atoms with van der Waals surface area (Å²) in [6.07, 6.45) is 3.41. The second-order valence-corrected chi connectivity index (χ2v) is 12.6. The van der Waals surface area contributed by atoms with Crippen LogP contribution in [0.5, 0.6) is 17.4 Å². The van der Waals surface area contributed by atoms with E-state index in [4.69, 9.17) is 18.9 Å². The second-order valence-electron chi connectivity index (χ2n) is 10.2. The highest BCUT2D eigenvalue weighted by Crippen LogP contribution is 2.38. The first-order chi connectivity index (χ1) is 20.7. The van der Waals surface area contributed by atoms with Gasteiger partial charge in [-0.1, -0.05) is 12.1 Å². The van der Waals surface area contributed by atoms with Crippen LogP contribution in [0, 0.1) is 6.92 Å². The Morgan fingerprint density at radius 3 is 2.19 bits per heavy atom. The number of hydrogen-bond acceptors (Lipinski definition) is 12. The predicted molar refractivity (Wildman–Crippen MR) is 158 cm³/mol. The minimum absolute atomic E-state index is 0.0156. The molecule has 3 aromatic heterocycles. The Balaban J connectivity index is 1.60. The summed E-state index contributed by atoms with van der Waals surface area (Å²) >= 11 is 0. The number of rotatable bonds is 12. The van der Waals surface area contributed by atoms with Crippen LogP contribution in [0.2, 0.25) is 0 Å². The average Bonchev–Trinajstić information content (AvgIpc) is 3.40. The quantitative estimate of drug-likeness (QED) is 0.233. The van der Waals surface area contributed by atoms with E-state index in [2.05, 4.69) is 25.1 Å². The number of para-hydroxylation sites is 1. The van der Waals surface area contributed by atoms with Gasteiger partial charge < -0.3 is 18.9 Å². The number of benzene rings is 1. The van der Waals surface area contributed by atoms with Gasteiger partial charge in [0.05, 0.1) is 38.7 Å². The molecule has 0 aliphatic carbocycles. The smallest absolute Gasteiger partial charge is 0.213 e. The van der Waals surface area contributed by atoms with Crippen LogP contribution in [0.1, 0.15) is 30.2 Å². The maximum Gasteiger partial charge on any atom is 0.213 e. The van der Waals surface area contributed by atoms with Gasteiger partial charge in [-0.25, -0.2) is 23.4 Å². The van der Waals surface area contributed by atoms with Crippen molar-refractivity contribution in [3.05, 3.63) is 66.0 Å². The Morgan fingerprint density at radius 2 is 1.58 bits per heavy atom. The maximum absolute atomic E-state index is 14.2. The van der Waals surface area contributed by atoms with E-state index in [0.717, 1.165) is 5.56 Å². The molecule has 14 heteroatoms. The number of pyridine rings is 1. The fourth-order valence-electron chi connectivity index (χ4n) is 5.10. The second kappa shape index (κ2) is 12.6. The van der Waals surface area contributed by atoms with Gasteiger partial charge >= 0.3 is 0 Å². The first kappa shape index (κ1) is 30.3. The van der Waals surface area contributed by atoms with Gasteiger partial charge in [-0.05, 0) is 37.6 Å². The highest BCUT2D eigenvalue weighted by atomic mass is 32.2.